The van der Waals surface area contributed by atoms with E-state index in [1.807, 2.05) is 5.01 Å². The van der Waals surface area contributed by atoms with E-state index >= 15 is 0 Å². The van der Waals surface area contributed by atoms with Crippen molar-refractivity contribution in [1.29, 1.82) is 0 Å². The highest BCUT2D eigenvalue weighted by molar-refractivity contribution is 7.14. The monoisotopic (exact) mass is 360 g/mol. The lowest BCUT2D eigenvalue weighted by molar-refractivity contribution is 0.111. The molecule has 3 rings (SSSR count). The summed E-state index contributed by atoms with van der Waals surface area (Å²) in [6, 6.07) is 5.07. The van der Waals surface area contributed by atoms with E-state index in [-0.39, 0.29) is 4.87 Å². The van der Waals surface area contributed by atoms with Gasteiger partial charge in [-0.05, 0) is 18.2 Å². The van der Waals surface area contributed by atoms with Crippen LogP contribution in [-0.2, 0) is 4.74 Å². The van der Waals surface area contributed by atoms with Gasteiger partial charge in [0.2, 0.25) is 0 Å². The van der Waals surface area contributed by atoms with Crippen molar-refractivity contribution in [3.8, 4) is 0 Å². The van der Waals surface area contributed by atoms with Crippen molar-refractivity contribution in [1.82, 2.24) is 4.68 Å². The lowest BCUT2D eigenvalue weighted by Gasteiger charge is -2.30. The Labute approximate surface area is 141 Å². The van der Waals surface area contributed by atoms with Gasteiger partial charge in [0.1, 0.15) is 5.00 Å². The second-order valence-electron chi connectivity index (χ2n) is 4.71. The number of ether oxygens (including phenoxy) is 1. The molecule has 118 valence electrons. The predicted octanol–water partition coefficient (Wildman–Crippen LogP) is 2.51. The third kappa shape index (κ3) is 3.03. The molecular formula is C13H14Cl2N4O2S. The SMILES string of the molecule is Nc1sc(=O)n(N2CCOCC2)c1Nc1cc(Cl)ccc1Cl. The van der Waals surface area contributed by atoms with Gasteiger partial charge in [-0.2, -0.15) is 4.68 Å². The van der Waals surface area contributed by atoms with Crippen LogP contribution >= 0.6 is 34.5 Å². The van der Waals surface area contributed by atoms with Crippen LogP contribution in [0.2, 0.25) is 10.0 Å². The van der Waals surface area contributed by atoms with Crippen LogP contribution in [0, 0.1) is 0 Å². The minimum Gasteiger partial charge on any atom is -0.387 e. The normalized spacial score (nSPS) is 15.1. The molecule has 1 aliphatic rings. The van der Waals surface area contributed by atoms with E-state index in [2.05, 4.69) is 5.32 Å². The number of nitrogens with zero attached hydrogens (tertiary/aromatic N) is 2. The smallest absolute Gasteiger partial charge is 0.329 e. The van der Waals surface area contributed by atoms with Gasteiger partial charge in [-0.3, -0.25) is 4.79 Å². The van der Waals surface area contributed by atoms with E-state index in [9.17, 15) is 4.79 Å². The first-order valence-corrected chi connectivity index (χ1v) is 8.20. The van der Waals surface area contributed by atoms with Gasteiger partial charge < -0.3 is 20.8 Å². The molecule has 0 unspecified atom stereocenters. The average molecular weight is 361 g/mol. The summed E-state index contributed by atoms with van der Waals surface area (Å²) in [4.78, 5) is 12.1. The van der Waals surface area contributed by atoms with Gasteiger partial charge >= 0.3 is 4.87 Å². The van der Waals surface area contributed by atoms with Gasteiger partial charge in [0.25, 0.3) is 0 Å². The molecule has 0 bridgehead atoms. The lowest BCUT2D eigenvalue weighted by Crippen LogP contribution is -2.47. The fraction of sp³-hybridized carbons (Fsp3) is 0.308. The predicted molar refractivity (Wildman–Crippen MR) is 91.5 cm³/mol. The number of halogens is 2. The number of rotatable bonds is 3. The van der Waals surface area contributed by atoms with E-state index in [1.165, 1.54) is 0 Å². The molecule has 0 aliphatic carbocycles. The number of nitrogens with two attached hydrogens (primary N) is 1. The number of aromatic nitrogens is 1. The quantitative estimate of drug-likeness (QED) is 0.879. The summed E-state index contributed by atoms with van der Waals surface area (Å²) < 4.78 is 6.86. The average Bonchev–Trinajstić information content (AvgIpc) is 2.78. The molecule has 0 radical (unpaired) electrons. The van der Waals surface area contributed by atoms with Crippen LogP contribution in [0.5, 0.6) is 0 Å². The van der Waals surface area contributed by atoms with Crippen molar-refractivity contribution in [2.45, 2.75) is 0 Å². The number of hydrogen-bond acceptors (Lipinski definition) is 6. The summed E-state index contributed by atoms with van der Waals surface area (Å²) in [6.45, 7) is 2.38. The Bertz CT molecular complexity index is 740. The van der Waals surface area contributed by atoms with Crippen molar-refractivity contribution in [3.63, 3.8) is 0 Å². The van der Waals surface area contributed by atoms with Gasteiger partial charge in [-0.25, -0.2) is 0 Å². The summed E-state index contributed by atoms with van der Waals surface area (Å²) in [5.74, 6) is 0.501. The van der Waals surface area contributed by atoms with Gasteiger partial charge in [0.05, 0.1) is 37.0 Å². The molecule has 1 fully saturated rings. The minimum atomic E-state index is -0.153. The summed E-state index contributed by atoms with van der Waals surface area (Å²) in [5.41, 5.74) is 6.58. The molecule has 0 atom stereocenters. The number of thiazole rings is 1. The zero-order valence-electron chi connectivity index (χ0n) is 11.5. The van der Waals surface area contributed by atoms with Gasteiger partial charge in [0, 0.05) is 5.02 Å². The summed E-state index contributed by atoms with van der Waals surface area (Å²) in [5, 5.41) is 6.45. The van der Waals surface area contributed by atoms with Gasteiger partial charge in [0.15, 0.2) is 5.82 Å². The molecule has 0 spiro atoms. The first-order chi connectivity index (χ1) is 10.6. The second-order valence-corrected chi connectivity index (χ2v) is 6.54. The second kappa shape index (κ2) is 6.37. The van der Waals surface area contributed by atoms with Crippen LogP contribution in [0.4, 0.5) is 16.5 Å². The van der Waals surface area contributed by atoms with Crippen LogP contribution < -0.4 is 20.9 Å². The fourth-order valence-corrected chi connectivity index (χ4v) is 3.28. The van der Waals surface area contributed by atoms with E-state index < -0.39 is 0 Å². The summed E-state index contributed by atoms with van der Waals surface area (Å²) in [7, 11) is 0. The first-order valence-electron chi connectivity index (χ1n) is 6.62. The number of benzene rings is 1. The molecule has 1 aliphatic heterocycles. The molecule has 0 amide bonds. The Kier molecular flexibility index (Phi) is 4.49. The Morgan fingerprint density at radius 2 is 2.00 bits per heavy atom. The Morgan fingerprint density at radius 1 is 1.27 bits per heavy atom. The Morgan fingerprint density at radius 3 is 2.73 bits per heavy atom. The van der Waals surface area contributed by atoms with Gasteiger partial charge in [-0.1, -0.05) is 34.5 Å². The van der Waals surface area contributed by atoms with Crippen LogP contribution in [0.25, 0.3) is 0 Å². The molecule has 1 aromatic carbocycles. The van der Waals surface area contributed by atoms with Gasteiger partial charge in [-0.15, -0.1) is 0 Å². The van der Waals surface area contributed by atoms with Crippen LogP contribution in [0.3, 0.4) is 0 Å². The molecule has 9 heteroatoms. The molecule has 1 saturated heterocycles. The number of nitrogen functional groups attached to an aromatic ring is 1. The standard InChI is InChI=1S/C13H14Cl2N4O2S/c14-8-1-2-9(15)10(7-8)17-12-11(16)22-13(20)19(12)18-3-5-21-6-4-18/h1-2,7,17H,3-6,16H2. The number of morpholine rings is 1. The Hall–Kier alpha value is -1.41. The summed E-state index contributed by atoms with van der Waals surface area (Å²) >= 11 is 13.1. The minimum absolute atomic E-state index is 0.153. The number of anilines is 3. The van der Waals surface area contributed by atoms with Crippen LogP contribution in [-0.4, -0.2) is 31.0 Å². The topological polar surface area (TPSA) is 72.5 Å². The third-order valence-electron chi connectivity index (χ3n) is 3.27. The van der Waals surface area contributed by atoms with E-state index in [4.69, 9.17) is 33.7 Å². The first kappa shape index (κ1) is 15.5. The zero-order chi connectivity index (χ0) is 15.7. The molecular weight excluding hydrogens is 347 g/mol. The third-order valence-corrected chi connectivity index (χ3v) is 4.59. The largest absolute Gasteiger partial charge is 0.387 e. The highest BCUT2D eigenvalue weighted by Crippen LogP contribution is 2.31. The van der Waals surface area contributed by atoms with E-state index in [1.54, 1.807) is 22.9 Å². The zero-order valence-corrected chi connectivity index (χ0v) is 13.8. The Balaban J connectivity index is 1.99. The molecule has 2 aromatic rings. The van der Waals surface area contributed by atoms with Crippen LogP contribution in [0.15, 0.2) is 23.0 Å². The van der Waals surface area contributed by atoms with Crippen molar-refractivity contribution in [3.05, 3.63) is 37.9 Å². The molecule has 1 aromatic heterocycles. The lowest BCUT2D eigenvalue weighted by atomic mass is 10.3. The molecule has 3 N–H and O–H groups in total. The highest BCUT2D eigenvalue weighted by Gasteiger charge is 2.21. The van der Waals surface area contributed by atoms with Crippen molar-refractivity contribution in [2.75, 3.05) is 42.4 Å². The molecule has 2 heterocycles. The maximum absolute atomic E-state index is 12.2. The maximum atomic E-state index is 12.2. The number of hydrogen-bond donors (Lipinski definition) is 2. The van der Waals surface area contributed by atoms with E-state index in [0.29, 0.717) is 52.9 Å². The number of nitrogens with one attached hydrogen (secondary N) is 1. The molecule has 6 nitrogen and oxygen atoms in total. The molecule has 0 saturated carbocycles. The van der Waals surface area contributed by atoms with E-state index in [0.717, 1.165) is 11.3 Å². The maximum Gasteiger partial charge on any atom is 0.329 e. The highest BCUT2D eigenvalue weighted by atomic mass is 35.5. The van der Waals surface area contributed by atoms with Crippen molar-refractivity contribution in [2.24, 2.45) is 0 Å². The summed E-state index contributed by atoms with van der Waals surface area (Å²) in [6.07, 6.45) is 0. The van der Waals surface area contributed by atoms with Crippen molar-refractivity contribution < 1.29 is 4.74 Å². The molecule has 22 heavy (non-hydrogen) atoms. The fourth-order valence-electron chi connectivity index (χ4n) is 2.23. The van der Waals surface area contributed by atoms with Crippen molar-refractivity contribution >= 4 is 51.0 Å². The van der Waals surface area contributed by atoms with Crippen LogP contribution in [0.1, 0.15) is 0 Å².